The van der Waals surface area contributed by atoms with Gasteiger partial charge in [0.05, 0.1) is 11.9 Å². The van der Waals surface area contributed by atoms with Crippen LogP contribution in [0.3, 0.4) is 0 Å². The van der Waals surface area contributed by atoms with Crippen molar-refractivity contribution in [1.82, 2.24) is 14.7 Å². The van der Waals surface area contributed by atoms with Gasteiger partial charge in [-0.05, 0) is 38.0 Å². The maximum Gasteiger partial charge on any atom is 0.331 e. The van der Waals surface area contributed by atoms with Gasteiger partial charge in [-0.25, -0.2) is 4.79 Å². The van der Waals surface area contributed by atoms with E-state index in [4.69, 9.17) is 0 Å². The van der Waals surface area contributed by atoms with Crippen molar-refractivity contribution < 1.29 is 19.5 Å². The number of nitrogens with zero attached hydrogens (tertiary/aromatic N) is 3. The minimum Gasteiger partial charge on any atom is -0.479 e. The number of aliphatic carboxylic acids is 1. The average Bonchev–Trinajstić information content (AvgIpc) is 3.25. The highest BCUT2D eigenvalue weighted by atomic mass is 16.4. The molecule has 1 aromatic heterocycles. The molecule has 1 saturated heterocycles. The summed E-state index contributed by atoms with van der Waals surface area (Å²) >= 11 is 0. The van der Waals surface area contributed by atoms with E-state index in [9.17, 15) is 19.5 Å². The molecule has 2 aromatic rings. The monoisotopic (exact) mass is 370 g/mol. The largest absolute Gasteiger partial charge is 0.479 e. The highest BCUT2D eigenvalue weighted by Gasteiger charge is 2.30. The van der Waals surface area contributed by atoms with E-state index in [0.29, 0.717) is 24.2 Å². The summed E-state index contributed by atoms with van der Waals surface area (Å²) in [5.74, 6) is -1.17. The number of carboxylic acids is 1. The number of carbonyl (C=O) groups excluding carboxylic acids is 2. The van der Waals surface area contributed by atoms with Gasteiger partial charge in [0.25, 0.3) is 5.91 Å². The second-order valence-electron chi connectivity index (χ2n) is 7.11. The molecule has 0 bridgehead atoms. The molecule has 2 amide bonds. The summed E-state index contributed by atoms with van der Waals surface area (Å²) in [4.78, 5) is 37.2. The van der Waals surface area contributed by atoms with Crippen molar-refractivity contribution in [3.63, 3.8) is 0 Å². The van der Waals surface area contributed by atoms with Gasteiger partial charge >= 0.3 is 5.97 Å². The van der Waals surface area contributed by atoms with Gasteiger partial charge in [0.1, 0.15) is 0 Å². The number of anilines is 1. The molecule has 0 spiro atoms. The Labute approximate surface area is 156 Å². The molecule has 8 nitrogen and oxygen atoms in total. The first kappa shape index (κ1) is 18.6. The number of hydrogen-bond donors (Lipinski definition) is 2. The van der Waals surface area contributed by atoms with Crippen molar-refractivity contribution >= 4 is 23.5 Å². The third kappa shape index (κ3) is 3.99. The molecule has 8 heteroatoms. The van der Waals surface area contributed by atoms with Gasteiger partial charge in [-0.1, -0.05) is 12.1 Å². The Morgan fingerprint density at radius 2 is 1.96 bits per heavy atom. The standard InChI is InChI=1S/C19H22N4O4/c1-19(2,18(26)27)23-12-15(10-20-23)21-17(25)14-7-5-13(6-8-14)11-22-9-3-4-16(22)24/h5-8,10,12H,3-4,9,11H2,1-2H3,(H,21,25)(H,26,27). The zero-order chi connectivity index (χ0) is 19.6. The summed E-state index contributed by atoms with van der Waals surface area (Å²) in [6, 6.07) is 7.07. The van der Waals surface area contributed by atoms with Gasteiger partial charge in [-0.2, -0.15) is 5.10 Å². The van der Waals surface area contributed by atoms with Crippen molar-refractivity contribution in [2.24, 2.45) is 0 Å². The van der Waals surface area contributed by atoms with Crippen LogP contribution in [-0.4, -0.2) is 44.1 Å². The fourth-order valence-electron chi connectivity index (χ4n) is 2.85. The first-order valence-corrected chi connectivity index (χ1v) is 8.74. The summed E-state index contributed by atoms with van der Waals surface area (Å²) in [7, 11) is 0. The zero-order valence-corrected chi connectivity index (χ0v) is 15.3. The maximum absolute atomic E-state index is 12.4. The Hall–Kier alpha value is -3.16. The Kier molecular flexibility index (Phi) is 4.98. The first-order valence-electron chi connectivity index (χ1n) is 8.74. The molecule has 1 aromatic carbocycles. The molecule has 0 atom stereocenters. The molecule has 0 radical (unpaired) electrons. The van der Waals surface area contributed by atoms with Crippen LogP contribution in [0, 0.1) is 0 Å². The molecule has 0 saturated carbocycles. The Bertz CT molecular complexity index is 870. The van der Waals surface area contributed by atoms with E-state index < -0.39 is 11.5 Å². The summed E-state index contributed by atoms with van der Waals surface area (Å²) in [6.07, 6.45) is 4.40. The van der Waals surface area contributed by atoms with Crippen molar-refractivity contribution in [3.05, 3.63) is 47.8 Å². The van der Waals surface area contributed by atoms with Gasteiger partial charge in [0.15, 0.2) is 5.54 Å². The highest BCUT2D eigenvalue weighted by Crippen LogP contribution is 2.18. The number of hydrogen-bond acceptors (Lipinski definition) is 4. The average molecular weight is 370 g/mol. The maximum atomic E-state index is 12.4. The molecule has 2 heterocycles. The summed E-state index contributed by atoms with van der Waals surface area (Å²) in [5.41, 5.74) is 0.646. The molecular weight excluding hydrogens is 348 g/mol. The molecule has 0 aliphatic carbocycles. The molecule has 1 aliphatic heterocycles. The number of carboxylic acid groups (broad SMARTS) is 1. The molecule has 3 rings (SSSR count). The second-order valence-corrected chi connectivity index (χ2v) is 7.11. The van der Waals surface area contributed by atoms with Crippen LogP contribution in [0.15, 0.2) is 36.7 Å². The van der Waals surface area contributed by atoms with Crippen LogP contribution in [-0.2, 0) is 21.7 Å². The van der Waals surface area contributed by atoms with Crippen molar-refractivity contribution in [1.29, 1.82) is 0 Å². The van der Waals surface area contributed by atoms with Gasteiger partial charge in [0, 0.05) is 31.3 Å². The number of benzene rings is 1. The smallest absolute Gasteiger partial charge is 0.331 e. The predicted octanol–water partition coefficient (Wildman–Crippen LogP) is 2.08. The lowest BCUT2D eigenvalue weighted by Crippen LogP contribution is -2.35. The van der Waals surface area contributed by atoms with Gasteiger partial charge in [-0.15, -0.1) is 0 Å². The van der Waals surface area contributed by atoms with Gasteiger partial charge < -0.3 is 15.3 Å². The zero-order valence-electron chi connectivity index (χ0n) is 15.3. The Balaban J connectivity index is 1.64. The fourth-order valence-corrected chi connectivity index (χ4v) is 2.85. The summed E-state index contributed by atoms with van der Waals surface area (Å²) in [5, 5.41) is 16.0. The van der Waals surface area contributed by atoms with Crippen LogP contribution in [0.5, 0.6) is 0 Å². The normalized spacial score (nSPS) is 14.4. The van der Waals surface area contributed by atoms with E-state index in [1.54, 1.807) is 12.1 Å². The van der Waals surface area contributed by atoms with Crippen molar-refractivity contribution in [2.45, 2.75) is 38.8 Å². The van der Waals surface area contributed by atoms with Crippen molar-refractivity contribution in [3.8, 4) is 0 Å². The lowest BCUT2D eigenvalue weighted by Gasteiger charge is -2.19. The molecular formula is C19H22N4O4. The van der Waals surface area contributed by atoms with Crippen LogP contribution >= 0.6 is 0 Å². The summed E-state index contributed by atoms with van der Waals surface area (Å²) in [6.45, 7) is 4.38. The Morgan fingerprint density at radius 3 is 2.56 bits per heavy atom. The van der Waals surface area contributed by atoms with Gasteiger partial charge in [0.2, 0.25) is 5.91 Å². The minimum atomic E-state index is -1.21. The second kappa shape index (κ2) is 7.22. The minimum absolute atomic E-state index is 0.165. The molecule has 2 N–H and O–H groups in total. The third-order valence-electron chi connectivity index (χ3n) is 4.70. The predicted molar refractivity (Wildman–Crippen MR) is 98.2 cm³/mol. The first-order chi connectivity index (χ1) is 12.8. The quantitative estimate of drug-likeness (QED) is 0.810. The molecule has 0 unspecified atom stereocenters. The highest BCUT2D eigenvalue weighted by molar-refractivity contribution is 6.04. The Morgan fingerprint density at radius 1 is 1.26 bits per heavy atom. The fraction of sp³-hybridized carbons (Fsp3) is 0.368. The topological polar surface area (TPSA) is 105 Å². The molecule has 142 valence electrons. The molecule has 1 fully saturated rings. The van der Waals surface area contributed by atoms with Crippen LogP contribution in [0.4, 0.5) is 5.69 Å². The van der Waals surface area contributed by atoms with Crippen molar-refractivity contribution in [2.75, 3.05) is 11.9 Å². The number of nitrogens with one attached hydrogen (secondary N) is 1. The van der Waals surface area contributed by atoms with Crippen LogP contribution < -0.4 is 5.32 Å². The van der Waals surface area contributed by atoms with E-state index in [1.807, 2.05) is 17.0 Å². The number of carbonyl (C=O) groups is 3. The van der Waals surface area contributed by atoms with E-state index in [-0.39, 0.29) is 11.8 Å². The van der Waals surface area contributed by atoms with E-state index >= 15 is 0 Å². The number of amides is 2. The third-order valence-corrected chi connectivity index (χ3v) is 4.70. The lowest BCUT2D eigenvalue weighted by atomic mass is 10.1. The van der Waals surface area contributed by atoms with E-state index in [0.717, 1.165) is 18.5 Å². The molecule has 1 aliphatic rings. The SMILES string of the molecule is CC(C)(C(=O)O)n1cc(NC(=O)c2ccc(CN3CCCC3=O)cc2)cn1. The molecule has 27 heavy (non-hydrogen) atoms. The van der Waals surface area contributed by atoms with E-state index in [1.165, 1.54) is 30.9 Å². The number of rotatable bonds is 6. The lowest BCUT2D eigenvalue weighted by molar-refractivity contribution is -0.146. The van der Waals surface area contributed by atoms with Crippen LogP contribution in [0.2, 0.25) is 0 Å². The van der Waals surface area contributed by atoms with Gasteiger partial charge in [-0.3, -0.25) is 14.3 Å². The summed E-state index contributed by atoms with van der Waals surface area (Å²) < 4.78 is 1.29. The number of aromatic nitrogens is 2. The van der Waals surface area contributed by atoms with Crippen LogP contribution in [0.25, 0.3) is 0 Å². The van der Waals surface area contributed by atoms with Crippen LogP contribution in [0.1, 0.15) is 42.6 Å². The number of likely N-dealkylation sites (tertiary alicyclic amines) is 1. The van der Waals surface area contributed by atoms with E-state index in [2.05, 4.69) is 10.4 Å².